The van der Waals surface area contributed by atoms with Crippen LogP contribution in [0.3, 0.4) is 0 Å². The summed E-state index contributed by atoms with van der Waals surface area (Å²) in [7, 11) is 0. The lowest BCUT2D eigenvalue weighted by molar-refractivity contribution is 3.79. The highest BCUT2D eigenvalue weighted by Gasteiger charge is 2.13. The minimum Gasteiger partial charge on any atom is -0.151 e. The molecule has 0 spiro atoms. The second kappa shape index (κ2) is 3.58. The Balaban J connectivity index is 2.99. The van der Waals surface area contributed by atoms with Gasteiger partial charge in [0.1, 0.15) is 0 Å². The largest absolute Gasteiger partial charge is 0.256 e. The smallest absolute Gasteiger partial charge is 0.151 e. The van der Waals surface area contributed by atoms with Gasteiger partial charge in [-0.1, -0.05) is 0 Å². The Morgan fingerprint density at radius 3 is 0.833 bits per heavy atom. The van der Waals surface area contributed by atoms with Crippen LogP contribution in [0.25, 0.3) is 0 Å². The Hall–Kier alpha value is 1.59. The van der Waals surface area contributed by atoms with E-state index in [-0.39, 0.29) is 0 Å². The monoisotopic (exact) mass is 198 g/mol. The van der Waals surface area contributed by atoms with Crippen molar-refractivity contribution < 1.29 is 0 Å². The minimum absolute atomic E-state index is 1.63. The van der Waals surface area contributed by atoms with Crippen LogP contribution in [-0.2, 0) is 0 Å². The molecule has 0 saturated carbocycles. The van der Waals surface area contributed by atoms with Gasteiger partial charge < -0.3 is 0 Å². The minimum atomic E-state index is -1.63. The van der Waals surface area contributed by atoms with Crippen molar-refractivity contribution in [2.75, 3.05) is 0 Å². The first kappa shape index (κ1) is 7.59. The van der Waals surface area contributed by atoms with E-state index in [4.69, 9.17) is 44.3 Å². The Morgan fingerprint density at radius 1 is 0.667 bits per heavy atom. The van der Waals surface area contributed by atoms with Gasteiger partial charge in [0.05, 0.1) is 0 Å². The van der Waals surface area contributed by atoms with Crippen LogP contribution in [0, 0.1) is 0 Å². The van der Waals surface area contributed by atoms with Gasteiger partial charge in [-0.05, 0) is 0 Å². The summed E-state index contributed by atoms with van der Waals surface area (Å²) >= 11 is 21.3. The molecule has 0 aromatic rings. The third-order valence-electron chi connectivity index (χ3n) is 0.190. The van der Waals surface area contributed by atoms with Crippen molar-refractivity contribution in [2.24, 2.45) is 0 Å². The molecule has 0 unspecified atom stereocenters. The van der Waals surface area contributed by atoms with Gasteiger partial charge in [0.15, 0.2) is 0 Å². The van der Waals surface area contributed by atoms with Crippen LogP contribution in [0.15, 0.2) is 0 Å². The van der Waals surface area contributed by atoms with Crippen molar-refractivity contribution in [3.05, 3.63) is 0 Å². The molecular formula is H2Cl4Si2. The molecule has 0 aromatic carbocycles. The highest BCUT2D eigenvalue weighted by Crippen LogP contribution is 2.07. The Morgan fingerprint density at radius 2 is 0.833 bits per heavy atom. The molecule has 0 atom stereocenters. The van der Waals surface area contributed by atoms with E-state index in [9.17, 15) is 0 Å². The first-order chi connectivity index (χ1) is 2.64. The average Bonchev–Trinajstić information content (AvgIpc) is 1.36. The highest BCUT2D eigenvalue weighted by atomic mass is 35.8. The average molecular weight is 200 g/mol. The van der Waals surface area contributed by atoms with Crippen molar-refractivity contribution in [1.82, 2.24) is 0 Å². The van der Waals surface area contributed by atoms with E-state index in [0.717, 1.165) is 0 Å². The lowest BCUT2D eigenvalue weighted by Gasteiger charge is -1.89. The van der Waals surface area contributed by atoms with E-state index >= 15 is 0 Å². The summed E-state index contributed by atoms with van der Waals surface area (Å²) in [4.78, 5) is 0. The molecule has 0 heterocycles. The van der Waals surface area contributed by atoms with Gasteiger partial charge in [-0.15, -0.1) is 0 Å². The normalized spacial score (nSPS) is 11.0. The molecule has 0 amide bonds. The van der Waals surface area contributed by atoms with Gasteiger partial charge in [-0.2, -0.15) is 44.3 Å². The topological polar surface area (TPSA) is 0 Å². The summed E-state index contributed by atoms with van der Waals surface area (Å²) in [6.45, 7) is -3.26. The molecule has 0 nitrogen and oxygen atoms in total. The van der Waals surface area contributed by atoms with Crippen molar-refractivity contribution in [2.45, 2.75) is 0 Å². The van der Waals surface area contributed by atoms with Gasteiger partial charge in [0.2, 0.25) is 0 Å². The fourth-order valence-corrected chi connectivity index (χ4v) is 0. The SMILES string of the molecule is Cl[SiH](Cl)[SiH](Cl)Cl. The molecule has 0 aliphatic rings. The first-order valence-corrected chi connectivity index (χ1v) is 10.9. The van der Waals surface area contributed by atoms with Gasteiger partial charge in [0, 0.05) is 0 Å². The first-order valence-electron chi connectivity index (χ1n) is 1.21. The predicted octanol–water partition coefficient (Wildman–Crippen LogP) is 1.46. The Labute approximate surface area is 58.2 Å². The molecule has 0 N–H and O–H groups in total. The molecule has 0 aliphatic heterocycles. The highest BCUT2D eigenvalue weighted by molar-refractivity contribution is 7.79. The zero-order valence-electron chi connectivity index (χ0n) is 2.67. The zero-order valence-corrected chi connectivity index (χ0v) is 8.00. The van der Waals surface area contributed by atoms with Crippen molar-refractivity contribution in [1.29, 1.82) is 0 Å². The lowest BCUT2D eigenvalue weighted by Crippen LogP contribution is -2.10. The van der Waals surface area contributed by atoms with Crippen LogP contribution < -0.4 is 0 Å². The number of hydrogen-bond acceptors (Lipinski definition) is 0. The van der Waals surface area contributed by atoms with E-state index in [0.29, 0.717) is 0 Å². The summed E-state index contributed by atoms with van der Waals surface area (Å²) in [6.07, 6.45) is 0. The molecule has 0 bridgehead atoms. The molecule has 0 rings (SSSR count). The lowest BCUT2D eigenvalue weighted by atomic mass is 26.9. The summed E-state index contributed by atoms with van der Waals surface area (Å²) in [5.74, 6) is 0. The van der Waals surface area contributed by atoms with E-state index in [2.05, 4.69) is 0 Å². The van der Waals surface area contributed by atoms with Crippen LogP contribution in [0.4, 0.5) is 0 Å². The molecular weight excluding hydrogens is 198 g/mol. The third kappa shape index (κ3) is 3.77. The third-order valence-corrected chi connectivity index (χ3v) is 15.4. The number of hydrogen-bond donors (Lipinski definition) is 0. The van der Waals surface area contributed by atoms with Gasteiger partial charge in [-0.3, -0.25) is 0 Å². The van der Waals surface area contributed by atoms with Crippen LogP contribution in [-0.4, -0.2) is 13.9 Å². The maximum absolute atomic E-state index is 5.31. The molecule has 6 heteroatoms. The van der Waals surface area contributed by atoms with Gasteiger partial charge in [-0.25, -0.2) is 0 Å². The summed E-state index contributed by atoms with van der Waals surface area (Å²) in [5, 5.41) is 0. The summed E-state index contributed by atoms with van der Waals surface area (Å²) in [5.41, 5.74) is 0. The van der Waals surface area contributed by atoms with E-state index < -0.39 is 13.9 Å². The molecule has 0 aromatic heterocycles. The molecule has 0 radical (unpaired) electrons. The maximum Gasteiger partial charge on any atom is 0.256 e. The van der Waals surface area contributed by atoms with Crippen LogP contribution >= 0.6 is 44.3 Å². The molecule has 38 valence electrons. The Bertz CT molecular complexity index is 26.5. The van der Waals surface area contributed by atoms with Gasteiger partial charge >= 0.3 is 0 Å². The standard InChI is InChI=1S/Cl4H2Si2/c1-5(2)6(3)4/h5-6H. The van der Waals surface area contributed by atoms with Crippen molar-refractivity contribution in [3.63, 3.8) is 0 Å². The number of rotatable bonds is 1. The molecule has 6 heavy (non-hydrogen) atoms. The van der Waals surface area contributed by atoms with Crippen LogP contribution in [0.1, 0.15) is 0 Å². The second-order valence-corrected chi connectivity index (χ2v) is 18.1. The van der Waals surface area contributed by atoms with Crippen molar-refractivity contribution in [3.8, 4) is 0 Å². The van der Waals surface area contributed by atoms with Crippen LogP contribution in [0.2, 0.25) is 0 Å². The molecule has 0 saturated heterocycles. The fraction of sp³-hybridized carbons (Fsp3) is 0. The fourth-order valence-electron chi connectivity index (χ4n) is 0. The van der Waals surface area contributed by atoms with Gasteiger partial charge in [0.25, 0.3) is 13.9 Å². The maximum atomic E-state index is 5.31. The Kier molecular flexibility index (Phi) is 4.53. The quantitative estimate of drug-likeness (QED) is 0.444. The van der Waals surface area contributed by atoms with E-state index in [1.807, 2.05) is 0 Å². The molecule has 0 fully saturated rings. The van der Waals surface area contributed by atoms with Crippen LogP contribution in [0.5, 0.6) is 0 Å². The second-order valence-electron chi connectivity index (χ2n) is 0.669. The summed E-state index contributed by atoms with van der Waals surface area (Å²) < 4.78 is 0. The van der Waals surface area contributed by atoms with Crippen molar-refractivity contribution >= 4 is 58.2 Å². The zero-order chi connectivity index (χ0) is 5.15. The van der Waals surface area contributed by atoms with E-state index in [1.54, 1.807) is 0 Å². The van der Waals surface area contributed by atoms with E-state index in [1.165, 1.54) is 0 Å². The number of halogens is 4. The molecule has 0 aliphatic carbocycles. The predicted molar refractivity (Wildman–Crippen MR) is 37.7 cm³/mol. The summed E-state index contributed by atoms with van der Waals surface area (Å²) in [6, 6.07) is 0.